The van der Waals surface area contributed by atoms with E-state index in [4.69, 9.17) is 11.5 Å². The van der Waals surface area contributed by atoms with E-state index in [9.17, 15) is 22.8 Å². The van der Waals surface area contributed by atoms with E-state index in [-0.39, 0.29) is 39.4 Å². The van der Waals surface area contributed by atoms with Gasteiger partial charge in [-0.3, -0.25) is 9.59 Å². The summed E-state index contributed by atoms with van der Waals surface area (Å²) in [6, 6.07) is 7.10. The molecule has 1 aliphatic carbocycles. The van der Waals surface area contributed by atoms with E-state index in [1.165, 1.54) is 12.1 Å². The molecule has 8 heteroatoms. The summed E-state index contributed by atoms with van der Waals surface area (Å²) in [5.74, 6) is -1.47. The van der Waals surface area contributed by atoms with Crippen LogP contribution in [-0.4, -0.2) is 24.3 Å². The van der Waals surface area contributed by atoms with E-state index < -0.39 is 24.3 Å². The average molecular weight is 336 g/mol. The van der Waals surface area contributed by atoms with E-state index in [0.29, 0.717) is 0 Å². The molecule has 0 fully saturated rings. The molecule has 0 radical (unpaired) electrons. The van der Waals surface area contributed by atoms with Gasteiger partial charge >= 0.3 is 6.18 Å². The molecule has 0 unspecified atom stereocenters. The van der Waals surface area contributed by atoms with Crippen LogP contribution >= 0.6 is 0 Å². The van der Waals surface area contributed by atoms with Crippen LogP contribution in [0.1, 0.15) is 31.8 Å². The van der Waals surface area contributed by atoms with Gasteiger partial charge in [0.05, 0.1) is 16.8 Å². The summed E-state index contributed by atoms with van der Waals surface area (Å²) in [7, 11) is 0. The number of carbonyl (C=O) groups is 2. The standard InChI is InChI=1S/C16H11F3N2O3/c17-16(18,19)6-24-10-5-9(20)11-12(13(10)21)15(23)8-4-2-1-3-7(8)14(11)22/h1-5H,6,20-21H2. The van der Waals surface area contributed by atoms with Gasteiger partial charge in [0.2, 0.25) is 0 Å². The summed E-state index contributed by atoms with van der Waals surface area (Å²) >= 11 is 0. The molecule has 0 amide bonds. The highest BCUT2D eigenvalue weighted by molar-refractivity contribution is 6.32. The van der Waals surface area contributed by atoms with Crippen LogP contribution in [0.4, 0.5) is 24.5 Å². The van der Waals surface area contributed by atoms with E-state index in [2.05, 4.69) is 4.74 Å². The summed E-state index contributed by atoms with van der Waals surface area (Å²) in [6.45, 7) is -1.59. The van der Waals surface area contributed by atoms with Crippen molar-refractivity contribution in [1.29, 1.82) is 0 Å². The zero-order valence-electron chi connectivity index (χ0n) is 12.1. The van der Waals surface area contributed by atoms with Crippen molar-refractivity contribution < 1.29 is 27.5 Å². The van der Waals surface area contributed by atoms with E-state index in [1.54, 1.807) is 12.1 Å². The monoisotopic (exact) mass is 336 g/mol. The number of ether oxygens (including phenoxy) is 1. The van der Waals surface area contributed by atoms with Gasteiger partial charge in [0.25, 0.3) is 0 Å². The molecule has 5 nitrogen and oxygen atoms in total. The van der Waals surface area contributed by atoms with Gasteiger partial charge in [-0.2, -0.15) is 13.2 Å². The lowest BCUT2D eigenvalue weighted by atomic mass is 9.82. The first-order valence-corrected chi connectivity index (χ1v) is 6.80. The number of nitrogens with two attached hydrogens (primary N) is 2. The highest BCUT2D eigenvalue weighted by Crippen LogP contribution is 2.39. The van der Waals surface area contributed by atoms with Crippen molar-refractivity contribution in [2.45, 2.75) is 6.18 Å². The molecule has 2 aromatic carbocycles. The first-order chi connectivity index (χ1) is 11.2. The van der Waals surface area contributed by atoms with Crippen molar-refractivity contribution in [3.63, 3.8) is 0 Å². The Balaban J connectivity index is 2.15. The molecular formula is C16H11F3N2O3. The third kappa shape index (κ3) is 2.45. The molecular weight excluding hydrogens is 325 g/mol. The van der Waals surface area contributed by atoms with Gasteiger partial charge in [0, 0.05) is 22.9 Å². The molecule has 0 saturated heterocycles. The maximum absolute atomic E-state index is 12.6. The third-order valence-electron chi connectivity index (χ3n) is 3.62. The van der Waals surface area contributed by atoms with Gasteiger partial charge in [-0.25, -0.2) is 0 Å². The van der Waals surface area contributed by atoms with Crippen LogP contribution in [0.25, 0.3) is 0 Å². The molecule has 0 heterocycles. The minimum absolute atomic E-state index is 0.115. The molecule has 0 aromatic heterocycles. The second-order valence-electron chi connectivity index (χ2n) is 5.24. The Labute approximate surface area is 134 Å². The number of benzene rings is 2. The Morgan fingerprint density at radius 1 is 0.958 bits per heavy atom. The van der Waals surface area contributed by atoms with Crippen LogP contribution in [0.3, 0.4) is 0 Å². The Kier molecular flexibility index (Phi) is 3.47. The van der Waals surface area contributed by atoms with Crippen LogP contribution in [-0.2, 0) is 0 Å². The number of ketones is 2. The summed E-state index contributed by atoms with van der Waals surface area (Å²) in [6.07, 6.45) is -4.58. The molecule has 0 aliphatic heterocycles. The van der Waals surface area contributed by atoms with E-state index in [0.717, 1.165) is 6.07 Å². The zero-order chi connectivity index (χ0) is 17.6. The Bertz CT molecular complexity index is 876. The minimum atomic E-state index is -4.58. The Hall–Kier alpha value is -3.03. The number of nitrogen functional groups attached to an aromatic ring is 2. The number of carbonyl (C=O) groups excluding carboxylic acids is 2. The topological polar surface area (TPSA) is 95.4 Å². The molecule has 24 heavy (non-hydrogen) atoms. The highest BCUT2D eigenvalue weighted by Gasteiger charge is 2.35. The molecule has 4 N–H and O–H groups in total. The average Bonchev–Trinajstić information content (AvgIpc) is 2.52. The van der Waals surface area contributed by atoms with Gasteiger partial charge in [0.15, 0.2) is 18.2 Å². The summed E-state index contributed by atoms with van der Waals surface area (Å²) in [5, 5.41) is 0. The van der Waals surface area contributed by atoms with Gasteiger partial charge < -0.3 is 16.2 Å². The van der Waals surface area contributed by atoms with Crippen LogP contribution in [0, 0.1) is 0 Å². The lowest BCUT2D eigenvalue weighted by molar-refractivity contribution is -0.153. The lowest BCUT2D eigenvalue weighted by Gasteiger charge is -2.22. The SMILES string of the molecule is Nc1cc(OCC(F)(F)F)c(N)c2c1C(=O)c1ccccc1C2=O. The lowest BCUT2D eigenvalue weighted by Crippen LogP contribution is -2.25. The quantitative estimate of drug-likeness (QED) is 0.701. The second-order valence-corrected chi connectivity index (χ2v) is 5.24. The number of fused-ring (bicyclic) bond motifs is 2. The van der Waals surface area contributed by atoms with Crippen molar-refractivity contribution in [3.05, 3.63) is 52.6 Å². The van der Waals surface area contributed by atoms with E-state index >= 15 is 0 Å². The van der Waals surface area contributed by atoms with Crippen molar-refractivity contribution in [2.24, 2.45) is 0 Å². The first-order valence-electron chi connectivity index (χ1n) is 6.80. The largest absolute Gasteiger partial charge is 0.482 e. The number of alkyl halides is 3. The molecule has 124 valence electrons. The summed E-state index contributed by atoms with van der Waals surface area (Å²) < 4.78 is 41.6. The fourth-order valence-corrected chi connectivity index (χ4v) is 2.60. The van der Waals surface area contributed by atoms with Crippen molar-refractivity contribution >= 4 is 22.9 Å². The van der Waals surface area contributed by atoms with Gasteiger partial charge in [-0.1, -0.05) is 24.3 Å². The van der Waals surface area contributed by atoms with E-state index in [1.807, 2.05) is 0 Å². The third-order valence-corrected chi connectivity index (χ3v) is 3.62. The number of hydrogen-bond acceptors (Lipinski definition) is 5. The summed E-state index contributed by atoms with van der Waals surface area (Å²) in [4.78, 5) is 25.2. The zero-order valence-corrected chi connectivity index (χ0v) is 12.1. The predicted molar refractivity (Wildman–Crippen MR) is 80.1 cm³/mol. The second kappa shape index (κ2) is 5.26. The predicted octanol–water partition coefficient (Wildman–Crippen LogP) is 2.57. The Morgan fingerprint density at radius 3 is 2.04 bits per heavy atom. The maximum atomic E-state index is 12.6. The molecule has 3 rings (SSSR count). The number of hydrogen-bond donors (Lipinski definition) is 2. The van der Waals surface area contributed by atoms with Gasteiger partial charge in [-0.05, 0) is 0 Å². The molecule has 0 bridgehead atoms. The van der Waals surface area contributed by atoms with Gasteiger partial charge in [-0.15, -0.1) is 0 Å². The van der Waals surface area contributed by atoms with Gasteiger partial charge in [0.1, 0.15) is 5.75 Å². The van der Waals surface area contributed by atoms with Crippen molar-refractivity contribution in [3.8, 4) is 5.75 Å². The number of halogens is 3. The fourth-order valence-electron chi connectivity index (χ4n) is 2.60. The van der Waals surface area contributed by atoms with Crippen LogP contribution < -0.4 is 16.2 Å². The van der Waals surface area contributed by atoms with Crippen molar-refractivity contribution in [2.75, 3.05) is 18.1 Å². The van der Waals surface area contributed by atoms with Crippen molar-refractivity contribution in [1.82, 2.24) is 0 Å². The van der Waals surface area contributed by atoms with Crippen LogP contribution in [0.15, 0.2) is 30.3 Å². The Morgan fingerprint density at radius 2 is 1.50 bits per heavy atom. The van der Waals surface area contributed by atoms with Crippen LogP contribution in [0.5, 0.6) is 5.75 Å². The van der Waals surface area contributed by atoms with Crippen LogP contribution in [0.2, 0.25) is 0 Å². The highest BCUT2D eigenvalue weighted by atomic mass is 19.4. The molecule has 1 aliphatic rings. The fraction of sp³-hybridized carbons (Fsp3) is 0.125. The number of anilines is 2. The number of rotatable bonds is 2. The first kappa shape index (κ1) is 15.9. The molecule has 0 atom stereocenters. The normalized spacial score (nSPS) is 13.5. The molecule has 0 saturated carbocycles. The summed E-state index contributed by atoms with van der Waals surface area (Å²) in [5.41, 5.74) is 11.0. The maximum Gasteiger partial charge on any atom is 0.422 e. The molecule has 2 aromatic rings. The molecule has 0 spiro atoms. The smallest absolute Gasteiger partial charge is 0.422 e. The minimum Gasteiger partial charge on any atom is -0.482 e.